The Labute approximate surface area is 210 Å². The summed E-state index contributed by atoms with van der Waals surface area (Å²) in [5, 5.41) is 2.14. The van der Waals surface area contributed by atoms with Crippen LogP contribution in [0.4, 0.5) is 23.5 Å². The van der Waals surface area contributed by atoms with Gasteiger partial charge >= 0.3 is 6.18 Å². The Morgan fingerprint density at radius 3 is 2.84 bits per heavy atom. The lowest BCUT2D eigenvalue weighted by Crippen LogP contribution is -2.34. The molecular formula is C24H18F4N6O2S. The van der Waals surface area contributed by atoms with Crippen LogP contribution in [-0.2, 0) is 25.7 Å². The molecule has 1 amide bonds. The van der Waals surface area contributed by atoms with Crippen LogP contribution in [0.15, 0.2) is 24.7 Å². The van der Waals surface area contributed by atoms with Gasteiger partial charge < -0.3 is 15.0 Å². The van der Waals surface area contributed by atoms with Gasteiger partial charge in [0.25, 0.3) is 5.91 Å². The van der Waals surface area contributed by atoms with E-state index in [9.17, 15) is 22.4 Å². The van der Waals surface area contributed by atoms with Crippen LogP contribution < -0.4 is 10.1 Å². The molecule has 0 unspecified atom stereocenters. The third kappa shape index (κ3) is 3.55. The largest absolute Gasteiger partial charge is 0.493 e. The van der Waals surface area contributed by atoms with Gasteiger partial charge in [0, 0.05) is 41.9 Å². The van der Waals surface area contributed by atoms with Gasteiger partial charge in [-0.2, -0.15) is 13.2 Å². The predicted molar refractivity (Wildman–Crippen MR) is 125 cm³/mol. The number of aromatic nitrogens is 4. The topological polar surface area (TPSA) is 84.7 Å². The minimum absolute atomic E-state index is 0.0235. The average Bonchev–Trinajstić information content (AvgIpc) is 3.25. The number of anilines is 1. The third-order valence-electron chi connectivity index (χ3n) is 6.89. The van der Waals surface area contributed by atoms with Crippen molar-refractivity contribution in [2.45, 2.75) is 44.6 Å². The number of nitrogens with one attached hydrogen (secondary N) is 1. The average molecular weight is 531 g/mol. The summed E-state index contributed by atoms with van der Waals surface area (Å²) in [4.78, 5) is 28.0. The van der Waals surface area contributed by atoms with Crippen LogP contribution in [0.25, 0.3) is 16.0 Å². The molecular weight excluding hydrogens is 512 g/mol. The zero-order valence-corrected chi connectivity index (χ0v) is 19.9. The number of rotatable bonds is 4. The molecule has 1 fully saturated rings. The molecule has 3 aliphatic rings. The Balaban J connectivity index is 1.35. The van der Waals surface area contributed by atoms with Crippen molar-refractivity contribution in [1.82, 2.24) is 24.3 Å². The normalized spacial score (nSPS) is 16.9. The van der Waals surface area contributed by atoms with Crippen molar-refractivity contribution >= 4 is 28.7 Å². The first kappa shape index (κ1) is 22.5. The second kappa shape index (κ2) is 7.88. The van der Waals surface area contributed by atoms with Crippen LogP contribution in [0, 0.1) is 5.82 Å². The Morgan fingerprint density at radius 1 is 1.22 bits per heavy atom. The first-order chi connectivity index (χ1) is 17.8. The van der Waals surface area contributed by atoms with E-state index in [0.717, 1.165) is 18.4 Å². The number of hydrogen-bond donors (Lipinski definition) is 1. The molecule has 5 heterocycles. The highest BCUT2D eigenvalue weighted by Gasteiger charge is 2.41. The third-order valence-corrected chi connectivity index (χ3v) is 8.06. The summed E-state index contributed by atoms with van der Waals surface area (Å²) in [5.41, 5.74) is 2.26. The van der Waals surface area contributed by atoms with E-state index < -0.39 is 11.2 Å². The van der Waals surface area contributed by atoms with Gasteiger partial charge in [-0.05, 0) is 25.0 Å². The standard InChI is InChI=1S/C24H18F4N6O2S/c25-15-3-4-17-12(5-6-36-17)13(15)7-29-23-30-8-14-19-18(31-10-34(19)23)21(35)33(11-1-2-11)9-16-20(14)37-22(32-16)24(26,27)28/h3-4,8,10-11H,1-2,5-7,9H2,(H,29,30). The van der Waals surface area contributed by atoms with Gasteiger partial charge in [0.05, 0.1) is 29.2 Å². The molecule has 37 heavy (non-hydrogen) atoms. The molecule has 2 aliphatic heterocycles. The lowest BCUT2D eigenvalue weighted by molar-refractivity contribution is -0.137. The van der Waals surface area contributed by atoms with E-state index >= 15 is 0 Å². The van der Waals surface area contributed by atoms with Crippen molar-refractivity contribution in [2.24, 2.45) is 0 Å². The van der Waals surface area contributed by atoms with Crippen LogP contribution in [0.1, 0.15) is 45.2 Å². The van der Waals surface area contributed by atoms with E-state index in [1.165, 1.54) is 23.0 Å². The molecule has 8 nitrogen and oxygen atoms in total. The van der Waals surface area contributed by atoms with Crippen molar-refractivity contribution in [2.75, 3.05) is 11.9 Å². The Kier molecular flexibility index (Phi) is 4.78. The van der Waals surface area contributed by atoms with Crippen molar-refractivity contribution in [3.05, 3.63) is 58.0 Å². The van der Waals surface area contributed by atoms with Crippen molar-refractivity contribution in [1.29, 1.82) is 0 Å². The van der Waals surface area contributed by atoms with Crippen LogP contribution in [0.3, 0.4) is 0 Å². The molecule has 190 valence electrons. The maximum Gasteiger partial charge on any atom is 0.443 e. The number of fused-ring (bicyclic) bond motifs is 3. The molecule has 0 saturated heterocycles. The summed E-state index contributed by atoms with van der Waals surface area (Å²) in [6.45, 7) is 0.550. The zero-order chi connectivity index (χ0) is 25.5. The number of ether oxygens (including phenoxy) is 1. The van der Waals surface area contributed by atoms with E-state index in [0.29, 0.717) is 51.6 Å². The van der Waals surface area contributed by atoms with Gasteiger partial charge in [0.2, 0.25) is 5.95 Å². The number of hydrogen-bond acceptors (Lipinski definition) is 7. The molecule has 1 N–H and O–H groups in total. The number of benzene rings is 1. The van der Waals surface area contributed by atoms with E-state index in [1.807, 2.05) is 0 Å². The maximum absolute atomic E-state index is 14.6. The highest BCUT2D eigenvalue weighted by atomic mass is 32.1. The number of alkyl halides is 3. The molecule has 0 bridgehead atoms. The molecule has 1 aromatic carbocycles. The number of carbonyl (C=O) groups is 1. The summed E-state index contributed by atoms with van der Waals surface area (Å²) >= 11 is 0.533. The van der Waals surface area contributed by atoms with E-state index in [4.69, 9.17) is 4.74 Å². The summed E-state index contributed by atoms with van der Waals surface area (Å²) in [6, 6.07) is 2.90. The summed E-state index contributed by atoms with van der Waals surface area (Å²) < 4.78 is 62.5. The minimum Gasteiger partial charge on any atom is -0.493 e. The van der Waals surface area contributed by atoms with Crippen molar-refractivity contribution in [3.63, 3.8) is 0 Å². The maximum atomic E-state index is 14.6. The number of carbonyl (C=O) groups excluding carboxylic acids is 1. The smallest absolute Gasteiger partial charge is 0.443 e. The van der Waals surface area contributed by atoms with Crippen LogP contribution in [0.2, 0.25) is 0 Å². The highest BCUT2D eigenvalue weighted by molar-refractivity contribution is 7.15. The molecule has 1 saturated carbocycles. The molecule has 0 spiro atoms. The quantitative estimate of drug-likeness (QED) is 0.386. The van der Waals surface area contributed by atoms with Crippen LogP contribution in [-0.4, -0.2) is 42.8 Å². The molecule has 7 rings (SSSR count). The fourth-order valence-electron chi connectivity index (χ4n) is 4.98. The summed E-state index contributed by atoms with van der Waals surface area (Å²) in [6.07, 6.45) is 0.371. The van der Waals surface area contributed by atoms with E-state index in [1.54, 1.807) is 11.0 Å². The van der Waals surface area contributed by atoms with Crippen molar-refractivity contribution in [3.8, 4) is 16.2 Å². The Bertz CT molecular complexity index is 1590. The predicted octanol–water partition coefficient (Wildman–Crippen LogP) is 4.68. The summed E-state index contributed by atoms with van der Waals surface area (Å²) in [5.74, 6) is 0.179. The van der Waals surface area contributed by atoms with E-state index in [-0.39, 0.29) is 48.2 Å². The molecule has 13 heteroatoms. The molecule has 1 aliphatic carbocycles. The van der Waals surface area contributed by atoms with Gasteiger partial charge in [-0.3, -0.25) is 9.20 Å². The second-order valence-corrected chi connectivity index (χ2v) is 10.2. The number of imidazole rings is 1. The molecule has 0 atom stereocenters. The van der Waals surface area contributed by atoms with Gasteiger partial charge in [-0.15, -0.1) is 11.3 Å². The fourth-order valence-corrected chi connectivity index (χ4v) is 5.94. The molecule has 0 radical (unpaired) electrons. The van der Waals surface area contributed by atoms with Crippen LogP contribution in [0.5, 0.6) is 5.75 Å². The number of amides is 1. The number of thiazole rings is 1. The minimum atomic E-state index is -4.61. The molecule has 3 aromatic heterocycles. The van der Waals surface area contributed by atoms with E-state index in [2.05, 4.69) is 20.3 Å². The van der Waals surface area contributed by atoms with Crippen LogP contribution >= 0.6 is 11.3 Å². The highest BCUT2D eigenvalue weighted by Crippen LogP contribution is 2.44. The second-order valence-electron chi connectivity index (χ2n) is 9.22. The summed E-state index contributed by atoms with van der Waals surface area (Å²) in [7, 11) is 0. The van der Waals surface area contributed by atoms with Gasteiger partial charge in [-0.25, -0.2) is 19.3 Å². The Hall–Kier alpha value is -3.74. The monoisotopic (exact) mass is 530 g/mol. The Morgan fingerprint density at radius 2 is 2.05 bits per heavy atom. The lowest BCUT2D eigenvalue weighted by atomic mass is 10.0. The van der Waals surface area contributed by atoms with Gasteiger partial charge in [0.1, 0.15) is 17.9 Å². The molecule has 4 aromatic rings. The zero-order valence-electron chi connectivity index (χ0n) is 19.1. The van der Waals surface area contributed by atoms with Crippen molar-refractivity contribution < 1.29 is 27.1 Å². The van der Waals surface area contributed by atoms with Gasteiger partial charge in [0.15, 0.2) is 10.7 Å². The first-order valence-electron chi connectivity index (χ1n) is 11.7. The fraction of sp³-hybridized carbons (Fsp3) is 0.333. The number of halogens is 4. The number of nitrogens with zero attached hydrogens (tertiary/aromatic N) is 5. The van der Waals surface area contributed by atoms with Gasteiger partial charge in [-0.1, -0.05) is 0 Å². The lowest BCUT2D eigenvalue weighted by Gasteiger charge is -2.23. The first-order valence-corrected chi connectivity index (χ1v) is 12.5. The SMILES string of the molecule is O=C1c2ncn3c(NCc4c(F)ccc5c4CCO5)ncc(c23)-c2sc(C(F)(F)F)nc2CN1C1CC1.